The first-order chi connectivity index (χ1) is 12.0. The fourth-order valence-electron chi connectivity index (χ4n) is 2.41. The van der Waals surface area contributed by atoms with Crippen LogP contribution in [0.1, 0.15) is 10.4 Å². The van der Waals surface area contributed by atoms with Gasteiger partial charge in [-0.05, 0) is 24.3 Å². The van der Waals surface area contributed by atoms with Gasteiger partial charge in [0.05, 0.1) is 31.0 Å². The van der Waals surface area contributed by atoms with Gasteiger partial charge < -0.3 is 19.9 Å². The van der Waals surface area contributed by atoms with E-state index in [9.17, 15) is 9.90 Å². The van der Waals surface area contributed by atoms with Crippen LogP contribution < -0.4 is 14.8 Å². The van der Waals surface area contributed by atoms with Gasteiger partial charge in [-0.15, -0.1) is 0 Å². The molecular formula is C17H14BrN3O4. The molecule has 1 aromatic heterocycles. The van der Waals surface area contributed by atoms with Crippen LogP contribution in [-0.2, 0) is 0 Å². The highest BCUT2D eigenvalue weighted by Crippen LogP contribution is 2.35. The van der Waals surface area contributed by atoms with Gasteiger partial charge >= 0.3 is 5.97 Å². The molecule has 0 saturated heterocycles. The molecule has 0 fully saturated rings. The Bertz CT molecular complexity index is 962. The molecule has 7 nitrogen and oxygen atoms in total. The maximum absolute atomic E-state index is 11.5. The lowest BCUT2D eigenvalue weighted by molar-refractivity contribution is 0.0698. The number of hydrogen-bond donors (Lipinski definition) is 2. The van der Waals surface area contributed by atoms with E-state index >= 15 is 0 Å². The summed E-state index contributed by atoms with van der Waals surface area (Å²) in [6.07, 6.45) is 1.40. The Morgan fingerprint density at radius 3 is 2.52 bits per heavy atom. The zero-order valence-corrected chi connectivity index (χ0v) is 15.0. The van der Waals surface area contributed by atoms with E-state index in [0.717, 1.165) is 0 Å². The molecule has 0 bridgehead atoms. The van der Waals surface area contributed by atoms with Crippen LogP contribution in [0, 0.1) is 0 Å². The van der Waals surface area contributed by atoms with Crippen molar-refractivity contribution in [3.63, 3.8) is 0 Å². The number of nitrogens with zero attached hydrogens (tertiary/aromatic N) is 2. The first kappa shape index (κ1) is 17.0. The summed E-state index contributed by atoms with van der Waals surface area (Å²) in [5.41, 5.74) is 1.19. The van der Waals surface area contributed by atoms with Crippen LogP contribution >= 0.6 is 15.9 Å². The number of methoxy groups -OCH3 is 2. The molecule has 0 amide bonds. The number of ether oxygens (including phenoxy) is 2. The molecule has 3 aromatic rings. The molecular weight excluding hydrogens is 390 g/mol. The van der Waals surface area contributed by atoms with Crippen molar-refractivity contribution in [3.8, 4) is 11.5 Å². The van der Waals surface area contributed by atoms with Crippen LogP contribution in [0.5, 0.6) is 11.5 Å². The van der Waals surface area contributed by atoms with Crippen molar-refractivity contribution in [2.75, 3.05) is 19.5 Å². The SMILES string of the molecule is COc1cc2ncnc(Nc3ccc(Br)cc3C(=O)O)c2cc1OC. The van der Waals surface area contributed by atoms with Crippen LogP contribution in [0.4, 0.5) is 11.5 Å². The van der Waals surface area contributed by atoms with Crippen LogP contribution in [0.15, 0.2) is 41.1 Å². The van der Waals surface area contributed by atoms with Gasteiger partial charge in [-0.2, -0.15) is 0 Å². The molecule has 8 heteroatoms. The van der Waals surface area contributed by atoms with Crippen molar-refractivity contribution < 1.29 is 19.4 Å². The molecule has 0 aliphatic rings. The molecule has 0 unspecified atom stereocenters. The number of aromatic nitrogens is 2. The molecule has 1 heterocycles. The molecule has 0 atom stereocenters. The van der Waals surface area contributed by atoms with Crippen LogP contribution in [-0.4, -0.2) is 35.3 Å². The highest BCUT2D eigenvalue weighted by Gasteiger charge is 2.15. The summed E-state index contributed by atoms with van der Waals surface area (Å²) in [5, 5.41) is 13.1. The minimum absolute atomic E-state index is 0.126. The Balaban J connectivity index is 2.12. The quantitative estimate of drug-likeness (QED) is 0.667. The number of nitrogens with one attached hydrogen (secondary N) is 1. The summed E-state index contributed by atoms with van der Waals surface area (Å²) < 4.78 is 11.3. The Kier molecular flexibility index (Phi) is 4.71. The number of carboxylic acids is 1. The van der Waals surface area contributed by atoms with E-state index in [1.807, 2.05) is 0 Å². The molecule has 0 aliphatic carbocycles. The summed E-state index contributed by atoms with van der Waals surface area (Å²) in [7, 11) is 3.09. The highest BCUT2D eigenvalue weighted by molar-refractivity contribution is 9.10. The molecule has 0 saturated carbocycles. The number of aromatic carboxylic acids is 1. The monoisotopic (exact) mass is 403 g/mol. The van der Waals surface area contributed by atoms with Crippen LogP contribution in [0.25, 0.3) is 10.9 Å². The van der Waals surface area contributed by atoms with Gasteiger partial charge in [0, 0.05) is 15.9 Å². The van der Waals surface area contributed by atoms with Crippen molar-refractivity contribution in [1.82, 2.24) is 9.97 Å². The lowest BCUT2D eigenvalue weighted by Gasteiger charge is -2.13. The first-order valence-electron chi connectivity index (χ1n) is 7.20. The summed E-state index contributed by atoms with van der Waals surface area (Å²) in [5.74, 6) is 0.508. The van der Waals surface area contributed by atoms with Gasteiger partial charge in [0.25, 0.3) is 0 Å². The number of hydrogen-bond acceptors (Lipinski definition) is 6. The van der Waals surface area contributed by atoms with Gasteiger partial charge in [-0.1, -0.05) is 15.9 Å². The maximum Gasteiger partial charge on any atom is 0.337 e. The smallest absolute Gasteiger partial charge is 0.337 e. The topological polar surface area (TPSA) is 93.6 Å². The Morgan fingerprint density at radius 2 is 1.84 bits per heavy atom. The van der Waals surface area contributed by atoms with E-state index in [-0.39, 0.29) is 5.56 Å². The second-order valence-corrected chi connectivity index (χ2v) is 5.98. The minimum Gasteiger partial charge on any atom is -0.493 e. The third kappa shape index (κ3) is 3.34. The molecule has 2 aromatic carbocycles. The summed E-state index contributed by atoms with van der Waals surface area (Å²) in [6, 6.07) is 8.43. The number of carboxylic acid groups (broad SMARTS) is 1. The predicted octanol–water partition coefficient (Wildman–Crippen LogP) is 3.85. The first-order valence-corrected chi connectivity index (χ1v) is 7.99. The average molecular weight is 404 g/mol. The van der Waals surface area contributed by atoms with Crippen LogP contribution in [0.3, 0.4) is 0 Å². The largest absolute Gasteiger partial charge is 0.493 e. The van der Waals surface area contributed by atoms with Gasteiger partial charge in [0.2, 0.25) is 0 Å². The van der Waals surface area contributed by atoms with Crippen LogP contribution in [0.2, 0.25) is 0 Å². The average Bonchev–Trinajstić information content (AvgIpc) is 2.62. The van der Waals surface area contributed by atoms with Gasteiger partial charge in [-0.3, -0.25) is 0 Å². The Morgan fingerprint density at radius 1 is 1.12 bits per heavy atom. The summed E-state index contributed by atoms with van der Waals surface area (Å²) >= 11 is 3.28. The number of fused-ring (bicyclic) bond motifs is 1. The lowest BCUT2D eigenvalue weighted by atomic mass is 10.1. The molecule has 0 aliphatic heterocycles. The van der Waals surface area contributed by atoms with Crippen molar-refractivity contribution in [2.45, 2.75) is 0 Å². The summed E-state index contributed by atoms with van der Waals surface area (Å²) in [4.78, 5) is 19.9. The predicted molar refractivity (Wildman–Crippen MR) is 97.0 cm³/mol. The van der Waals surface area contributed by atoms with Gasteiger partial charge in [-0.25, -0.2) is 14.8 Å². The fraction of sp³-hybridized carbons (Fsp3) is 0.118. The standard InChI is InChI=1S/C17H14BrN3O4/c1-24-14-6-10-13(7-15(14)25-2)19-8-20-16(10)21-12-4-3-9(18)5-11(12)17(22)23/h3-8H,1-2H3,(H,22,23)(H,19,20,21). The molecule has 25 heavy (non-hydrogen) atoms. The Hall–Kier alpha value is -2.87. The van der Waals surface area contributed by atoms with Gasteiger partial charge in [0.15, 0.2) is 11.5 Å². The lowest BCUT2D eigenvalue weighted by Crippen LogP contribution is -2.04. The Labute approximate surface area is 151 Å². The van der Waals surface area contributed by atoms with E-state index < -0.39 is 5.97 Å². The van der Waals surface area contributed by atoms with E-state index in [2.05, 4.69) is 31.2 Å². The third-order valence-corrected chi connectivity index (χ3v) is 4.10. The van der Waals surface area contributed by atoms with Crippen molar-refractivity contribution in [2.24, 2.45) is 0 Å². The number of anilines is 2. The molecule has 3 rings (SSSR count). The molecule has 0 radical (unpaired) electrons. The molecule has 128 valence electrons. The number of rotatable bonds is 5. The highest BCUT2D eigenvalue weighted by atomic mass is 79.9. The van der Waals surface area contributed by atoms with Gasteiger partial charge in [0.1, 0.15) is 12.1 Å². The second-order valence-electron chi connectivity index (χ2n) is 5.07. The number of carbonyl (C=O) groups is 1. The van der Waals surface area contributed by atoms with Crippen molar-refractivity contribution in [3.05, 3.63) is 46.7 Å². The molecule has 2 N–H and O–H groups in total. The number of halogens is 1. The third-order valence-electron chi connectivity index (χ3n) is 3.61. The van der Waals surface area contributed by atoms with Crippen molar-refractivity contribution >= 4 is 44.3 Å². The van der Waals surface area contributed by atoms with Crippen molar-refractivity contribution in [1.29, 1.82) is 0 Å². The zero-order valence-electron chi connectivity index (χ0n) is 13.4. The number of benzene rings is 2. The maximum atomic E-state index is 11.5. The van der Waals surface area contributed by atoms with E-state index in [4.69, 9.17) is 9.47 Å². The van der Waals surface area contributed by atoms with E-state index in [1.165, 1.54) is 19.5 Å². The minimum atomic E-state index is -1.04. The van der Waals surface area contributed by atoms with E-state index in [0.29, 0.717) is 38.4 Å². The normalized spacial score (nSPS) is 10.5. The summed E-state index contributed by atoms with van der Waals surface area (Å²) in [6.45, 7) is 0. The second kappa shape index (κ2) is 6.94. The zero-order chi connectivity index (χ0) is 18.0. The van der Waals surface area contributed by atoms with E-state index in [1.54, 1.807) is 31.4 Å². The fourth-order valence-corrected chi connectivity index (χ4v) is 2.77. The molecule has 0 spiro atoms.